The van der Waals surface area contributed by atoms with Gasteiger partial charge >= 0.3 is 0 Å². The highest BCUT2D eigenvalue weighted by molar-refractivity contribution is 6.08. The lowest BCUT2D eigenvalue weighted by Crippen LogP contribution is -2.44. The van der Waals surface area contributed by atoms with E-state index in [1.807, 2.05) is 100 Å². The molecule has 4 nitrogen and oxygen atoms in total. The maximum atomic E-state index is 13.9. The number of rotatable bonds is 14. The molecule has 4 aromatic rings. The van der Waals surface area contributed by atoms with Crippen molar-refractivity contribution in [3.63, 3.8) is 0 Å². The Morgan fingerprint density at radius 1 is 0.455 bits per heavy atom. The lowest BCUT2D eigenvalue weighted by molar-refractivity contribution is -0.122. The van der Waals surface area contributed by atoms with Crippen LogP contribution in [0.15, 0.2) is 121 Å². The van der Waals surface area contributed by atoms with Crippen LogP contribution in [0, 0.1) is 23.7 Å². The van der Waals surface area contributed by atoms with Gasteiger partial charge in [-0.15, -0.1) is 0 Å². The fourth-order valence-corrected chi connectivity index (χ4v) is 5.83. The molecule has 0 aliphatic carbocycles. The van der Waals surface area contributed by atoms with Gasteiger partial charge in [-0.1, -0.05) is 149 Å². The van der Waals surface area contributed by atoms with Gasteiger partial charge in [0.15, 0.2) is 0 Å². The Hall–Kier alpha value is -4.30. The minimum absolute atomic E-state index is 0.00730. The van der Waals surface area contributed by atoms with Crippen LogP contribution in [0.2, 0.25) is 0 Å². The molecule has 2 atom stereocenters. The van der Waals surface area contributed by atoms with Gasteiger partial charge in [-0.2, -0.15) is 0 Å². The number of benzene rings is 4. The van der Waals surface area contributed by atoms with E-state index in [0.29, 0.717) is 26.2 Å². The third-order valence-corrected chi connectivity index (χ3v) is 7.81. The van der Waals surface area contributed by atoms with Gasteiger partial charge in [0.2, 0.25) is 11.6 Å². The van der Waals surface area contributed by atoms with E-state index in [-0.39, 0.29) is 23.4 Å². The van der Waals surface area contributed by atoms with E-state index in [1.165, 1.54) is 0 Å². The zero-order valence-corrected chi connectivity index (χ0v) is 26.4. The van der Waals surface area contributed by atoms with Crippen LogP contribution in [-0.4, -0.2) is 33.4 Å². The average Bonchev–Trinajstić information content (AvgIpc) is 3.02. The molecule has 4 heteroatoms. The van der Waals surface area contributed by atoms with Gasteiger partial charge in [-0.05, 0) is 45.9 Å². The van der Waals surface area contributed by atoms with Gasteiger partial charge in [0.05, 0.1) is 12.1 Å². The second-order valence-electron chi connectivity index (χ2n) is 12.1. The molecule has 0 spiro atoms. The van der Waals surface area contributed by atoms with Crippen LogP contribution in [0.4, 0.5) is 0 Å². The Morgan fingerprint density at radius 2 is 0.682 bits per heavy atom. The van der Waals surface area contributed by atoms with E-state index in [2.05, 4.69) is 70.2 Å². The van der Waals surface area contributed by atoms with Crippen molar-refractivity contribution < 1.29 is 9.59 Å². The summed E-state index contributed by atoms with van der Waals surface area (Å²) in [6.07, 6.45) is 0. The van der Waals surface area contributed by atoms with Crippen LogP contribution in [0.1, 0.15) is 49.9 Å². The molecular weight excluding hydrogens is 540 g/mol. The van der Waals surface area contributed by atoms with Crippen molar-refractivity contribution in [2.24, 2.45) is 11.8 Å². The summed E-state index contributed by atoms with van der Waals surface area (Å²) in [4.78, 5) is 32.1. The van der Waals surface area contributed by atoms with E-state index < -0.39 is 12.1 Å². The third-order valence-electron chi connectivity index (χ3n) is 7.81. The highest BCUT2D eigenvalue weighted by Crippen LogP contribution is 2.21. The molecule has 0 fully saturated rings. The fourth-order valence-electron chi connectivity index (χ4n) is 5.83. The van der Waals surface area contributed by atoms with Crippen LogP contribution >= 0.6 is 0 Å². The van der Waals surface area contributed by atoms with Gasteiger partial charge in [-0.25, -0.2) is 0 Å². The van der Waals surface area contributed by atoms with Crippen LogP contribution in [-0.2, 0) is 35.8 Å². The Kier molecular flexibility index (Phi) is 12.2. The minimum Gasteiger partial charge on any atom is -0.284 e. The molecule has 0 amide bonds. The Balaban J connectivity index is 1.61. The minimum atomic E-state index is -0.460. The van der Waals surface area contributed by atoms with Crippen LogP contribution in [0.3, 0.4) is 0 Å². The van der Waals surface area contributed by atoms with Crippen LogP contribution < -0.4 is 0 Å². The molecule has 0 aliphatic rings. The van der Waals surface area contributed by atoms with Crippen molar-refractivity contribution in [2.45, 2.75) is 66.0 Å². The summed E-state index contributed by atoms with van der Waals surface area (Å²) in [5.41, 5.74) is 4.51. The topological polar surface area (TPSA) is 40.6 Å². The molecule has 0 N–H and O–H groups in total. The molecule has 0 saturated heterocycles. The summed E-state index contributed by atoms with van der Waals surface area (Å²) in [6, 6.07) is 39.8. The maximum Gasteiger partial charge on any atom is 0.223 e. The van der Waals surface area contributed by atoms with Gasteiger partial charge in [-0.3, -0.25) is 19.4 Å². The van der Waals surface area contributed by atoms with Gasteiger partial charge in [0.1, 0.15) is 0 Å². The first-order valence-electron chi connectivity index (χ1n) is 15.5. The van der Waals surface area contributed by atoms with Crippen molar-refractivity contribution in [1.82, 2.24) is 9.80 Å². The van der Waals surface area contributed by atoms with Crippen molar-refractivity contribution in [1.29, 1.82) is 0 Å². The molecule has 0 heterocycles. The lowest BCUT2D eigenvalue weighted by Gasteiger charge is -2.33. The van der Waals surface area contributed by atoms with E-state index in [0.717, 1.165) is 22.3 Å². The van der Waals surface area contributed by atoms with Crippen molar-refractivity contribution >= 4 is 11.6 Å². The van der Waals surface area contributed by atoms with Gasteiger partial charge < -0.3 is 0 Å². The second-order valence-corrected chi connectivity index (χ2v) is 12.1. The number of nitrogens with zero attached hydrogens (tertiary/aromatic N) is 2. The highest BCUT2D eigenvalue weighted by Gasteiger charge is 2.31. The number of carbonyl (C=O) groups excluding carboxylic acids is 2. The number of hydrogen-bond donors (Lipinski definition) is 0. The Morgan fingerprint density at radius 3 is 0.886 bits per heavy atom. The molecule has 226 valence electrons. The van der Waals surface area contributed by atoms with Gasteiger partial charge in [0, 0.05) is 26.2 Å². The van der Waals surface area contributed by atoms with E-state index in [4.69, 9.17) is 0 Å². The summed E-state index contributed by atoms with van der Waals surface area (Å²) in [5.74, 6) is 5.22. The zero-order valence-electron chi connectivity index (χ0n) is 26.4. The first kappa shape index (κ1) is 32.6. The standard InChI is InChI=1S/C40H44N2O2/c1-31(2)39(41(27-33-17-9-5-10-18-33)28-34-19-11-6-12-20-34)37(43)25-26-38(44)40(32(3)4)42(29-35-21-13-7-14-22-35)30-36-23-15-8-16-24-36/h5-24,31-32,39-40H,27-30H2,1-4H3/t39-,40+. The largest absolute Gasteiger partial charge is 0.284 e. The molecule has 4 rings (SSSR count). The van der Waals surface area contributed by atoms with E-state index in [1.54, 1.807) is 0 Å². The summed E-state index contributed by atoms with van der Waals surface area (Å²) in [5, 5.41) is 0. The maximum absolute atomic E-state index is 13.9. The number of ketones is 2. The average molecular weight is 585 g/mol. The van der Waals surface area contributed by atoms with E-state index in [9.17, 15) is 9.59 Å². The van der Waals surface area contributed by atoms with Crippen LogP contribution in [0.25, 0.3) is 0 Å². The fraction of sp³-hybridized carbons (Fsp3) is 0.300. The molecule has 44 heavy (non-hydrogen) atoms. The van der Waals surface area contributed by atoms with Crippen LogP contribution in [0.5, 0.6) is 0 Å². The molecule has 0 unspecified atom stereocenters. The quantitative estimate of drug-likeness (QED) is 0.113. The molecular formula is C40H44N2O2. The summed E-state index contributed by atoms with van der Waals surface area (Å²) < 4.78 is 0. The van der Waals surface area contributed by atoms with Gasteiger partial charge in [0.25, 0.3) is 0 Å². The van der Waals surface area contributed by atoms with Crippen molar-refractivity contribution in [3.05, 3.63) is 144 Å². The molecule has 4 aromatic carbocycles. The third kappa shape index (κ3) is 9.61. The monoisotopic (exact) mass is 584 g/mol. The van der Waals surface area contributed by atoms with Crippen molar-refractivity contribution in [2.75, 3.05) is 0 Å². The highest BCUT2D eigenvalue weighted by atomic mass is 16.1. The number of hydrogen-bond acceptors (Lipinski definition) is 4. The normalized spacial score (nSPS) is 12.6. The number of Topliss-reactive ketones (excluding diaryl/α,β-unsaturated/α-hetero) is 2. The predicted octanol–water partition coefficient (Wildman–Crippen LogP) is 7.58. The Bertz CT molecular complexity index is 1310. The predicted molar refractivity (Wildman–Crippen MR) is 179 cm³/mol. The second kappa shape index (κ2) is 16.5. The molecule has 0 aliphatic heterocycles. The van der Waals surface area contributed by atoms with Crippen molar-refractivity contribution in [3.8, 4) is 11.8 Å². The molecule has 0 radical (unpaired) electrons. The lowest BCUT2D eigenvalue weighted by atomic mass is 9.94. The smallest absolute Gasteiger partial charge is 0.223 e. The SMILES string of the molecule is CC(C)[C@@H](C(=O)C#CC(=O)[C@@H](C(C)C)N(Cc1ccccc1)Cc1ccccc1)N(Cc1ccccc1)Cc1ccccc1. The zero-order chi connectivity index (χ0) is 31.3. The summed E-state index contributed by atoms with van der Waals surface area (Å²) >= 11 is 0. The molecule has 0 saturated carbocycles. The Labute approximate surface area is 263 Å². The summed E-state index contributed by atoms with van der Waals surface area (Å²) in [7, 11) is 0. The summed E-state index contributed by atoms with van der Waals surface area (Å²) in [6.45, 7) is 10.6. The number of carbonyl (C=O) groups is 2. The molecule has 0 aromatic heterocycles. The first-order valence-corrected chi connectivity index (χ1v) is 15.5. The van der Waals surface area contributed by atoms with E-state index >= 15 is 0 Å². The first-order chi connectivity index (χ1) is 21.3. The molecule has 0 bridgehead atoms.